The second-order valence-electron chi connectivity index (χ2n) is 12.2. The van der Waals surface area contributed by atoms with Crippen LogP contribution < -0.4 is 5.32 Å². The van der Waals surface area contributed by atoms with Crippen LogP contribution in [-0.2, 0) is 17.8 Å². The van der Waals surface area contributed by atoms with Gasteiger partial charge in [0.15, 0.2) is 0 Å². The summed E-state index contributed by atoms with van der Waals surface area (Å²) in [6, 6.07) is 17.6. The number of ether oxygens (including phenoxy) is 1. The van der Waals surface area contributed by atoms with Crippen molar-refractivity contribution < 1.29 is 14.6 Å². The van der Waals surface area contributed by atoms with E-state index < -0.39 is 5.60 Å². The molecule has 0 aliphatic heterocycles. The van der Waals surface area contributed by atoms with Crippen molar-refractivity contribution in [1.29, 1.82) is 0 Å². The Balaban J connectivity index is 1.33. The molecule has 3 aliphatic rings. The van der Waals surface area contributed by atoms with E-state index in [0.717, 1.165) is 42.6 Å². The van der Waals surface area contributed by atoms with Crippen LogP contribution in [0.4, 0.5) is 5.69 Å². The van der Waals surface area contributed by atoms with Gasteiger partial charge in [-0.15, -0.1) is 5.92 Å². The maximum absolute atomic E-state index is 13.2. The van der Waals surface area contributed by atoms with Gasteiger partial charge in [0.25, 0.3) is 5.91 Å². The molecule has 2 fully saturated rings. The van der Waals surface area contributed by atoms with Crippen molar-refractivity contribution in [1.82, 2.24) is 4.98 Å². The summed E-state index contributed by atoms with van der Waals surface area (Å²) < 4.78 is 6.76. The van der Waals surface area contributed by atoms with Gasteiger partial charge in [-0.25, -0.2) is 0 Å². The minimum absolute atomic E-state index is 0.113. The second-order valence-corrected chi connectivity index (χ2v) is 12.6. The van der Waals surface area contributed by atoms with E-state index in [1.165, 1.54) is 11.1 Å². The first-order chi connectivity index (χ1) is 19.7. The highest BCUT2D eigenvalue weighted by atomic mass is 35.5. The predicted octanol–water partition coefficient (Wildman–Crippen LogP) is 7.10. The Morgan fingerprint density at radius 2 is 2.02 bits per heavy atom. The summed E-state index contributed by atoms with van der Waals surface area (Å²) >= 11 is 6.50. The van der Waals surface area contributed by atoms with Crippen LogP contribution in [0.1, 0.15) is 78.2 Å². The van der Waals surface area contributed by atoms with Gasteiger partial charge in [0.05, 0.1) is 24.1 Å². The molecule has 212 valence electrons. The molecule has 6 rings (SSSR count). The number of anilines is 1. The van der Waals surface area contributed by atoms with Crippen LogP contribution in [0, 0.1) is 36.0 Å². The molecule has 2 saturated carbocycles. The summed E-state index contributed by atoms with van der Waals surface area (Å²) in [5, 5.41) is 15.5. The molecule has 41 heavy (non-hydrogen) atoms. The zero-order chi connectivity index (χ0) is 28.8. The van der Waals surface area contributed by atoms with E-state index in [9.17, 15) is 9.90 Å². The number of carbonyl (C=O) groups excluding carboxylic acids is 1. The smallest absolute Gasteiger partial charge is 0.255 e. The number of nitrogens with zero attached hydrogens (tertiary/aromatic N) is 1. The third kappa shape index (κ3) is 4.87. The number of carbonyl (C=O) groups is 1. The Kier molecular flexibility index (Phi) is 7.44. The quantitative estimate of drug-likeness (QED) is 0.322. The molecule has 6 heteroatoms. The predicted molar refractivity (Wildman–Crippen MR) is 162 cm³/mol. The lowest BCUT2D eigenvalue weighted by molar-refractivity contribution is -0.129. The Morgan fingerprint density at radius 1 is 1.20 bits per heavy atom. The Labute approximate surface area is 247 Å². The molecule has 3 aromatic rings. The fourth-order valence-corrected chi connectivity index (χ4v) is 8.16. The summed E-state index contributed by atoms with van der Waals surface area (Å²) in [6.07, 6.45) is 5.86. The highest BCUT2D eigenvalue weighted by Gasteiger charge is 2.63. The van der Waals surface area contributed by atoms with Gasteiger partial charge in [0.2, 0.25) is 0 Å². The number of halogens is 1. The number of fused-ring (bicyclic) bond motifs is 5. The lowest BCUT2D eigenvalue weighted by atomic mass is 9.52. The zero-order valence-electron chi connectivity index (χ0n) is 23.9. The number of pyridine rings is 1. The Bertz CT molecular complexity index is 1540. The maximum Gasteiger partial charge on any atom is 0.255 e. The topological polar surface area (TPSA) is 71.5 Å². The molecule has 1 amide bonds. The van der Waals surface area contributed by atoms with Crippen LogP contribution in [0.2, 0.25) is 5.02 Å². The van der Waals surface area contributed by atoms with Crippen molar-refractivity contribution in [3.63, 3.8) is 0 Å². The molecule has 5 nitrogen and oxygen atoms in total. The molecule has 1 heterocycles. The normalized spacial score (nSPS) is 29.9. The molecule has 0 spiro atoms. The molecule has 0 bridgehead atoms. The van der Waals surface area contributed by atoms with E-state index in [4.69, 9.17) is 16.3 Å². The first kappa shape index (κ1) is 28.0. The second kappa shape index (κ2) is 10.9. The highest BCUT2D eigenvalue weighted by Crippen LogP contribution is 2.64. The van der Waals surface area contributed by atoms with Crippen LogP contribution >= 0.6 is 11.6 Å². The standard InChI is InChI=1S/C35H37ClN2O3/c1-4-16-35(40)17-15-28-27-14-11-23-19-24(33(39)38-30-10-7-18-37-22(30)2)12-13-26(23)32(27)31(20-34(28,35)3)41-21-25-8-5-6-9-29(25)36/h5-10,12-13,18-19,27-28,31-32,40H,11,14-15,17,20-21H2,1-3H3,(H,38,39)/t27-,28-,31-,32+,34-,35-/m0/s1. The van der Waals surface area contributed by atoms with Crippen LogP contribution in [0.5, 0.6) is 0 Å². The Hall–Kier alpha value is -3.17. The minimum atomic E-state index is -1.02. The number of aromatic nitrogens is 1. The average molecular weight is 569 g/mol. The molecule has 0 unspecified atom stereocenters. The summed E-state index contributed by atoms with van der Waals surface area (Å²) in [5.74, 6) is 6.97. The lowest BCUT2D eigenvalue weighted by Crippen LogP contribution is -2.55. The third-order valence-electron chi connectivity index (χ3n) is 10.1. The van der Waals surface area contributed by atoms with Crippen molar-refractivity contribution >= 4 is 23.2 Å². The molecule has 2 N–H and O–H groups in total. The van der Waals surface area contributed by atoms with Gasteiger partial charge in [0, 0.05) is 28.1 Å². The van der Waals surface area contributed by atoms with E-state index >= 15 is 0 Å². The first-order valence-corrected chi connectivity index (χ1v) is 15.0. The van der Waals surface area contributed by atoms with Gasteiger partial charge < -0.3 is 15.2 Å². The summed E-state index contributed by atoms with van der Waals surface area (Å²) in [7, 11) is 0. The van der Waals surface area contributed by atoms with Crippen LogP contribution in [0.25, 0.3) is 0 Å². The zero-order valence-corrected chi connectivity index (χ0v) is 24.7. The average Bonchev–Trinajstić information content (AvgIpc) is 3.23. The SMILES string of the molecule is CC#C[C@]1(O)CC[C@H]2[C@@H]3CCc4cc(C(=O)Nc5cccnc5C)ccc4[C@H]3[C@@H](OCc3ccccc3Cl)C[C@@]21C. The number of amides is 1. The van der Waals surface area contributed by atoms with Crippen molar-refractivity contribution in [3.8, 4) is 11.8 Å². The van der Waals surface area contributed by atoms with E-state index in [1.807, 2.05) is 56.3 Å². The monoisotopic (exact) mass is 568 g/mol. The van der Waals surface area contributed by atoms with Crippen molar-refractivity contribution in [2.45, 2.75) is 77.1 Å². The molecule has 0 saturated heterocycles. The van der Waals surface area contributed by atoms with Gasteiger partial charge in [-0.2, -0.15) is 0 Å². The lowest BCUT2D eigenvalue weighted by Gasteiger charge is -2.55. The van der Waals surface area contributed by atoms with Gasteiger partial charge in [-0.05, 0) is 105 Å². The molecular formula is C35H37ClN2O3. The van der Waals surface area contributed by atoms with Crippen molar-refractivity contribution in [2.75, 3.05) is 5.32 Å². The van der Waals surface area contributed by atoms with E-state index in [2.05, 4.69) is 41.2 Å². The van der Waals surface area contributed by atoms with Gasteiger partial charge in [0.1, 0.15) is 5.60 Å². The number of hydrogen-bond donors (Lipinski definition) is 2. The number of aliphatic hydroxyl groups is 1. The molecular weight excluding hydrogens is 532 g/mol. The number of benzene rings is 2. The summed E-state index contributed by atoms with van der Waals surface area (Å²) in [5.41, 5.74) is 4.21. The number of nitrogens with one attached hydrogen (secondary N) is 1. The van der Waals surface area contributed by atoms with Gasteiger partial charge in [-0.3, -0.25) is 9.78 Å². The van der Waals surface area contributed by atoms with Crippen LogP contribution in [-0.4, -0.2) is 27.7 Å². The molecule has 6 atom stereocenters. The maximum atomic E-state index is 13.2. The number of aryl methyl sites for hydroxylation is 2. The largest absolute Gasteiger partial charge is 0.377 e. The van der Waals surface area contributed by atoms with Gasteiger partial charge >= 0.3 is 0 Å². The molecule has 0 radical (unpaired) electrons. The fraction of sp³-hybridized carbons (Fsp3) is 0.429. The minimum Gasteiger partial charge on any atom is -0.377 e. The fourth-order valence-electron chi connectivity index (χ4n) is 7.97. The molecule has 1 aromatic heterocycles. The van der Waals surface area contributed by atoms with E-state index in [-0.39, 0.29) is 23.3 Å². The van der Waals surface area contributed by atoms with Gasteiger partial charge in [-0.1, -0.05) is 48.7 Å². The Morgan fingerprint density at radius 3 is 2.80 bits per heavy atom. The summed E-state index contributed by atoms with van der Waals surface area (Å²) in [4.78, 5) is 17.5. The van der Waals surface area contributed by atoms with E-state index in [1.54, 1.807) is 6.20 Å². The van der Waals surface area contributed by atoms with Crippen molar-refractivity contribution in [3.05, 3.63) is 93.8 Å². The van der Waals surface area contributed by atoms with Crippen LogP contribution in [0.3, 0.4) is 0 Å². The molecule has 2 aromatic carbocycles. The number of rotatable bonds is 5. The summed E-state index contributed by atoms with van der Waals surface area (Å²) in [6.45, 7) is 6.33. The van der Waals surface area contributed by atoms with Crippen molar-refractivity contribution in [2.24, 2.45) is 17.3 Å². The molecule has 3 aliphatic carbocycles. The number of hydrogen-bond acceptors (Lipinski definition) is 4. The first-order valence-electron chi connectivity index (χ1n) is 14.6. The van der Waals surface area contributed by atoms with Crippen LogP contribution in [0.15, 0.2) is 60.8 Å². The third-order valence-corrected chi connectivity index (χ3v) is 10.5. The highest BCUT2D eigenvalue weighted by molar-refractivity contribution is 6.31. The van der Waals surface area contributed by atoms with E-state index in [0.29, 0.717) is 35.4 Å².